The maximum Gasteiger partial charge on any atom is 0.251 e. The summed E-state index contributed by atoms with van der Waals surface area (Å²) in [5, 5.41) is 15.4. The van der Waals surface area contributed by atoms with Gasteiger partial charge < -0.3 is 5.32 Å². The Morgan fingerprint density at radius 1 is 1.15 bits per heavy atom. The molecule has 4 rings (SSSR count). The van der Waals surface area contributed by atoms with Gasteiger partial charge >= 0.3 is 0 Å². The minimum Gasteiger partial charge on any atom is -0.352 e. The molecule has 1 atom stereocenters. The van der Waals surface area contributed by atoms with E-state index in [4.69, 9.17) is 0 Å². The van der Waals surface area contributed by atoms with Gasteiger partial charge in [0.15, 0.2) is 0 Å². The van der Waals surface area contributed by atoms with Gasteiger partial charge in [0.2, 0.25) is 11.7 Å². The Hall–Kier alpha value is -3.62. The molecular formula is C25H29FN6O2. The highest BCUT2D eigenvalue weighted by Crippen LogP contribution is 2.25. The molecule has 0 radical (unpaired) electrons. The summed E-state index contributed by atoms with van der Waals surface area (Å²) in [5.74, 6) is -0.963. The van der Waals surface area contributed by atoms with Crippen LogP contribution in [0.4, 0.5) is 10.1 Å². The number of carbonyl (C=O) groups excluding carboxylic acids is 2. The van der Waals surface area contributed by atoms with Crippen molar-refractivity contribution in [1.29, 1.82) is 0 Å². The topological polar surface area (TPSA) is 93.0 Å². The van der Waals surface area contributed by atoms with Crippen molar-refractivity contribution < 1.29 is 14.0 Å². The third-order valence-electron chi connectivity index (χ3n) is 6.12. The predicted molar refractivity (Wildman–Crippen MR) is 126 cm³/mol. The Morgan fingerprint density at radius 3 is 2.53 bits per heavy atom. The molecule has 2 amide bonds. The number of halogens is 1. The van der Waals surface area contributed by atoms with Crippen molar-refractivity contribution in [1.82, 2.24) is 25.5 Å². The van der Waals surface area contributed by atoms with E-state index in [2.05, 4.69) is 20.7 Å². The van der Waals surface area contributed by atoms with E-state index in [9.17, 15) is 14.0 Å². The van der Waals surface area contributed by atoms with Crippen LogP contribution >= 0.6 is 0 Å². The molecule has 0 aliphatic heterocycles. The van der Waals surface area contributed by atoms with Crippen molar-refractivity contribution in [3.63, 3.8) is 0 Å². The molecule has 178 valence electrons. The number of nitrogens with one attached hydrogen (secondary N) is 1. The first-order chi connectivity index (χ1) is 16.5. The summed E-state index contributed by atoms with van der Waals surface area (Å²) in [6.07, 6.45) is 4.30. The van der Waals surface area contributed by atoms with Gasteiger partial charge in [-0.1, -0.05) is 61.7 Å². The van der Waals surface area contributed by atoms with E-state index in [-0.39, 0.29) is 24.2 Å². The molecule has 1 fully saturated rings. The fourth-order valence-corrected chi connectivity index (χ4v) is 4.30. The molecule has 34 heavy (non-hydrogen) atoms. The van der Waals surface area contributed by atoms with Crippen molar-refractivity contribution in [3.05, 3.63) is 59.9 Å². The average molecular weight is 465 g/mol. The molecule has 0 spiro atoms. The molecule has 0 bridgehead atoms. The quantitative estimate of drug-likeness (QED) is 0.549. The highest BCUT2D eigenvalue weighted by Gasteiger charge is 2.33. The van der Waals surface area contributed by atoms with Gasteiger partial charge in [0.25, 0.3) is 5.91 Å². The van der Waals surface area contributed by atoms with Crippen molar-refractivity contribution in [2.24, 2.45) is 0 Å². The van der Waals surface area contributed by atoms with Crippen LogP contribution in [0.1, 0.15) is 44.6 Å². The zero-order chi connectivity index (χ0) is 24.1. The zero-order valence-electron chi connectivity index (χ0n) is 19.4. The molecule has 1 heterocycles. The van der Waals surface area contributed by atoms with E-state index in [0.717, 1.165) is 36.8 Å². The third-order valence-corrected chi connectivity index (χ3v) is 6.12. The Labute approximate surface area is 198 Å². The first kappa shape index (κ1) is 23.5. The molecule has 1 aliphatic rings. The van der Waals surface area contributed by atoms with Crippen LogP contribution in [0.2, 0.25) is 0 Å². The van der Waals surface area contributed by atoms with Crippen molar-refractivity contribution >= 4 is 17.5 Å². The predicted octanol–water partition coefficient (Wildman–Crippen LogP) is 3.66. The molecule has 1 saturated carbocycles. The van der Waals surface area contributed by atoms with E-state index in [1.54, 1.807) is 12.1 Å². The van der Waals surface area contributed by atoms with Gasteiger partial charge in [0.05, 0.1) is 5.69 Å². The van der Waals surface area contributed by atoms with Crippen LogP contribution in [-0.2, 0) is 16.1 Å². The zero-order valence-corrected chi connectivity index (χ0v) is 19.4. The minimum absolute atomic E-state index is 0.0554. The maximum atomic E-state index is 14.8. The van der Waals surface area contributed by atoms with Crippen LogP contribution in [-0.4, -0.2) is 44.1 Å². The minimum atomic E-state index is -0.856. The monoisotopic (exact) mass is 464 g/mol. The lowest BCUT2D eigenvalue weighted by molar-refractivity contribution is -0.127. The summed E-state index contributed by atoms with van der Waals surface area (Å²) in [5.41, 5.74) is 1.94. The van der Waals surface area contributed by atoms with Crippen LogP contribution in [0, 0.1) is 12.7 Å². The maximum absolute atomic E-state index is 14.8. The number of anilines is 1. The smallest absolute Gasteiger partial charge is 0.251 e. The van der Waals surface area contributed by atoms with E-state index in [0.29, 0.717) is 12.2 Å². The van der Waals surface area contributed by atoms with Gasteiger partial charge in [0, 0.05) is 11.6 Å². The third kappa shape index (κ3) is 5.30. The lowest BCUT2D eigenvalue weighted by Crippen LogP contribution is -2.52. The second-order valence-electron chi connectivity index (χ2n) is 8.64. The highest BCUT2D eigenvalue weighted by atomic mass is 19.1. The summed E-state index contributed by atoms with van der Waals surface area (Å²) in [4.78, 5) is 29.0. The highest BCUT2D eigenvalue weighted by molar-refractivity contribution is 6.00. The first-order valence-electron chi connectivity index (χ1n) is 11.7. The van der Waals surface area contributed by atoms with Crippen LogP contribution in [0.15, 0.2) is 48.5 Å². The van der Waals surface area contributed by atoms with Gasteiger partial charge in [-0.15, -0.1) is 10.2 Å². The van der Waals surface area contributed by atoms with E-state index >= 15 is 0 Å². The molecule has 0 saturated heterocycles. The number of para-hydroxylation sites is 1. The Kier molecular flexibility index (Phi) is 7.30. The van der Waals surface area contributed by atoms with Gasteiger partial charge in [-0.05, 0) is 43.5 Å². The number of amides is 2. The van der Waals surface area contributed by atoms with Crippen LogP contribution < -0.4 is 10.2 Å². The SMILES string of the molecule is CCC(C(=O)NC1CCCC1)N(C(=O)Cn1nnc(-c2ccc(C)cc2)n1)c1ccccc1F. The van der Waals surface area contributed by atoms with E-state index in [1.165, 1.54) is 21.8 Å². The Bertz CT molecular complexity index is 1140. The standard InChI is InChI=1S/C25H29FN6O2/c1-3-21(25(34)27-19-8-4-5-9-19)32(22-11-7-6-10-20(22)26)23(33)16-31-29-24(28-30-31)18-14-12-17(2)13-15-18/h6-7,10-15,19,21H,3-5,8-9,16H2,1-2H3,(H,27,34). The second kappa shape index (κ2) is 10.5. The molecule has 9 heteroatoms. The van der Waals surface area contributed by atoms with E-state index < -0.39 is 17.8 Å². The lowest BCUT2D eigenvalue weighted by atomic mass is 10.1. The molecule has 8 nitrogen and oxygen atoms in total. The van der Waals surface area contributed by atoms with Crippen LogP contribution in [0.25, 0.3) is 11.4 Å². The summed E-state index contributed by atoms with van der Waals surface area (Å²) in [7, 11) is 0. The summed E-state index contributed by atoms with van der Waals surface area (Å²) < 4.78 is 14.8. The van der Waals surface area contributed by atoms with Crippen molar-refractivity contribution in [3.8, 4) is 11.4 Å². The van der Waals surface area contributed by atoms with Crippen molar-refractivity contribution in [2.75, 3.05) is 4.90 Å². The number of rotatable bonds is 8. The molecular weight excluding hydrogens is 435 g/mol. The van der Waals surface area contributed by atoms with Crippen LogP contribution in [0.5, 0.6) is 0 Å². The van der Waals surface area contributed by atoms with E-state index in [1.807, 2.05) is 38.1 Å². The second-order valence-corrected chi connectivity index (χ2v) is 8.64. The number of hydrogen-bond acceptors (Lipinski definition) is 5. The number of aromatic nitrogens is 4. The number of tetrazole rings is 1. The van der Waals surface area contributed by atoms with Gasteiger partial charge in [-0.25, -0.2) is 4.39 Å². The Balaban J connectivity index is 1.58. The summed E-state index contributed by atoms with van der Waals surface area (Å²) in [6, 6.07) is 12.8. The first-order valence-corrected chi connectivity index (χ1v) is 11.7. The van der Waals surface area contributed by atoms with Gasteiger partial charge in [0.1, 0.15) is 18.4 Å². The van der Waals surface area contributed by atoms with Gasteiger partial charge in [-0.3, -0.25) is 14.5 Å². The number of hydrogen-bond donors (Lipinski definition) is 1. The molecule has 2 aromatic carbocycles. The number of benzene rings is 2. The van der Waals surface area contributed by atoms with Crippen molar-refractivity contribution in [2.45, 2.75) is 64.6 Å². The number of nitrogens with zero attached hydrogens (tertiary/aromatic N) is 5. The summed E-state index contributed by atoms with van der Waals surface area (Å²) >= 11 is 0. The molecule has 1 N–H and O–H groups in total. The molecule has 1 aromatic heterocycles. The summed E-state index contributed by atoms with van der Waals surface area (Å²) in [6.45, 7) is 3.51. The molecule has 1 unspecified atom stereocenters. The number of carbonyl (C=O) groups is 2. The van der Waals surface area contributed by atoms with Crippen LogP contribution in [0.3, 0.4) is 0 Å². The normalized spacial score (nSPS) is 14.7. The lowest BCUT2D eigenvalue weighted by Gasteiger charge is -2.31. The Morgan fingerprint density at radius 2 is 1.85 bits per heavy atom. The average Bonchev–Trinajstić information content (AvgIpc) is 3.51. The molecule has 1 aliphatic carbocycles. The largest absolute Gasteiger partial charge is 0.352 e. The molecule has 3 aromatic rings. The fraction of sp³-hybridized carbons (Fsp3) is 0.400. The number of aryl methyl sites for hydroxylation is 1. The fourth-order valence-electron chi connectivity index (χ4n) is 4.30. The van der Waals surface area contributed by atoms with Gasteiger partial charge in [-0.2, -0.15) is 4.80 Å².